The molecular weight excluding hydrogens is 532 g/mol. The first-order chi connectivity index (χ1) is 20.2. The first-order valence-corrected chi connectivity index (χ1v) is 14.5. The fraction of sp³-hybridized carbons (Fsp3) is 0.382. The molecule has 0 aliphatic heterocycles. The third kappa shape index (κ3) is 8.19. The van der Waals surface area contributed by atoms with E-state index in [0.29, 0.717) is 6.42 Å². The van der Waals surface area contributed by atoms with Gasteiger partial charge >= 0.3 is 12.1 Å². The molecule has 0 unspecified atom stereocenters. The highest BCUT2D eigenvalue weighted by Crippen LogP contribution is 2.44. The summed E-state index contributed by atoms with van der Waals surface area (Å²) in [6, 6.07) is 24.5. The van der Waals surface area contributed by atoms with Crippen LogP contribution in [0.1, 0.15) is 56.2 Å². The van der Waals surface area contributed by atoms with Gasteiger partial charge < -0.3 is 25.2 Å². The average molecular weight is 573 g/mol. The number of carbonyl (C=O) groups is 3. The van der Waals surface area contributed by atoms with Gasteiger partial charge in [0.15, 0.2) is 6.04 Å². The Bertz CT molecular complexity index is 1310. The number of fused-ring (bicyclic) bond motifs is 3. The Hall–Kier alpha value is -4.17. The number of carboxylic acid groups (broad SMARTS) is 1. The lowest BCUT2D eigenvalue weighted by molar-refractivity contribution is -0.146. The zero-order valence-electron chi connectivity index (χ0n) is 24.4. The van der Waals surface area contributed by atoms with Crippen LogP contribution < -0.4 is 10.6 Å². The maximum Gasteiger partial charge on any atom is 0.407 e. The predicted molar refractivity (Wildman–Crippen MR) is 161 cm³/mol. The van der Waals surface area contributed by atoms with Crippen molar-refractivity contribution in [3.05, 3.63) is 95.6 Å². The van der Waals surface area contributed by atoms with Crippen molar-refractivity contribution in [1.29, 1.82) is 0 Å². The molecule has 1 aliphatic carbocycles. The standard InChI is InChI=1S/C34H40N2O6/c1-22(2)17-25(18-31(37)36-32(33(38)39)23(3)41-20-24-11-5-4-6-12-24)19-35-34(40)42-21-30-28-15-9-7-13-26(28)27-14-8-10-16-29(27)30/h4-16,22-23,25,30,32H,17-21H2,1-3H3,(H,35,40)(H,36,37)(H,38,39)/t23-,25-,32+/m0/s1. The van der Waals surface area contributed by atoms with E-state index in [4.69, 9.17) is 9.47 Å². The van der Waals surface area contributed by atoms with Crippen molar-refractivity contribution in [2.45, 2.75) is 58.3 Å². The van der Waals surface area contributed by atoms with E-state index in [1.54, 1.807) is 6.92 Å². The van der Waals surface area contributed by atoms with E-state index in [9.17, 15) is 19.5 Å². The molecule has 0 heterocycles. The molecule has 42 heavy (non-hydrogen) atoms. The van der Waals surface area contributed by atoms with Crippen molar-refractivity contribution in [3.63, 3.8) is 0 Å². The minimum atomic E-state index is -1.20. The SMILES string of the molecule is CC(C)C[C@H](CNC(=O)OCC1c2ccccc2-c2ccccc21)CC(=O)N[C@@H](C(=O)O)[C@H](C)OCc1ccccc1. The molecule has 8 heteroatoms. The average Bonchev–Trinajstić information content (AvgIpc) is 3.30. The number of amides is 2. The lowest BCUT2D eigenvalue weighted by Crippen LogP contribution is -2.49. The van der Waals surface area contributed by atoms with Gasteiger partial charge in [0.2, 0.25) is 5.91 Å². The van der Waals surface area contributed by atoms with E-state index in [0.717, 1.165) is 27.8 Å². The smallest absolute Gasteiger partial charge is 0.407 e. The van der Waals surface area contributed by atoms with Crippen LogP contribution in [0, 0.1) is 11.8 Å². The molecule has 4 rings (SSSR count). The zero-order chi connectivity index (χ0) is 30.1. The van der Waals surface area contributed by atoms with E-state index in [1.807, 2.05) is 68.4 Å². The van der Waals surface area contributed by atoms with Crippen molar-refractivity contribution in [2.75, 3.05) is 13.2 Å². The van der Waals surface area contributed by atoms with Gasteiger partial charge in [-0.1, -0.05) is 92.7 Å². The number of hydrogen-bond donors (Lipinski definition) is 3. The van der Waals surface area contributed by atoms with E-state index >= 15 is 0 Å². The molecule has 3 aromatic rings. The van der Waals surface area contributed by atoms with Gasteiger partial charge in [-0.15, -0.1) is 0 Å². The molecule has 8 nitrogen and oxygen atoms in total. The third-order valence-corrected chi connectivity index (χ3v) is 7.57. The Labute approximate surface area is 247 Å². The number of carboxylic acids is 1. The minimum absolute atomic E-state index is 0.0422. The van der Waals surface area contributed by atoms with Crippen molar-refractivity contribution in [2.24, 2.45) is 11.8 Å². The number of carbonyl (C=O) groups excluding carboxylic acids is 2. The van der Waals surface area contributed by atoms with Crippen LogP contribution in [0.5, 0.6) is 0 Å². The lowest BCUT2D eigenvalue weighted by atomic mass is 9.93. The first kappa shape index (κ1) is 30.8. The zero-order valence-corrected chi connectivity index (χ0v) is 24.4. The topological polar surface area (TPSA) is 114 Å². The number of rotatable bonds is 14. The fourth-order valence-electron chi connectivity index (χ4n) is 5.56. The molecule has 222 valence electrons. The van der Waals surface area contributed by atoms with Crippen LogP contribution in [0.4, 0.5) is 4.79 Å². The lowest BCUT2D eigenvalue weighted by Gasteiger charge is -2.24. The van der Waals surface area contributed by atoms with Gasteiger partial charge in [0, 0.05) is 18.9 Å². The van der Waals surface area contributed by atoms with Crippen LogP contribution >= 0.6 is 0 Å². The van der Waals surface area contributed by atoms with Gasteiger partial charge in [-0.25, -0.2) is 9.59 Å². The first-order valence-electron chi connectivity index (χ1n) is 14.5. The Morgan fingerprint density at radius 3 is 2.05 bits per heavy atom. The summed E-state index contributed by atoms with van der Waals surface area (Å²) >= 11 is 0. The molecule has 0 bridgehead atoms. The van der Waals surface area contributed by atoms with Crippen molar-refractivity contribution in [1.82, 2.24) is 10.6 Å². The number of alkyl carbamates (subject to hydrolysis) is 1. The quantitative estimate of drug-likeness (QED) is 0.227. The molecule has 1 aliphatic rings. The van der Waals surface area contributed by atoms with Crippen LogP contribution in [0.2, 0.25) is 0 Å². The number of ether oxygens (including phenoxy) is 2. The van der Waals surface area contributed by atoms with Gasteiger partial charge in [0.1, 0.15) is 6.61 Å². The van der Waals surface area contributed by atoms with E-state index < -0.39 is 30.1 Å². The van der Waals surface area contributed by atoms with Crippen LogP contribution in [0.3, 0.4) is 0 Å². The maximum atomic E-state index is 12.9. The normalized spacial score (nSPS) is 14.4. The monoisotopic (exact) mass is 572 g/mol. The summed E-state index contributed by atoms with van der Waals surface area (Å²) in [6.07, 6.45) is -0.544. The molecular formula is C34H40N2O6. The Balaban J connectivity index is 1.29. The largest absolute Gasteiger partial charge is 0.480 e. The Kier molecular flexibility index (Phi) is 10.7. The van der Waals surface area contributed by atoms with Gasteiger partial charge in [0.05, 0.1) is 12.7 Å². The Morgan fingerprint density at radius 2 is 1.45 bits per heavy atom. The highest BCUT2D eigenvalue weighted by atomic mass is 16.5. The van der Waals surface area contributed by atoms with Crippen molar-refractivity contribution >= 4 is 18.0 Å². The summed E-state index contributed by atoms with van der Waals surface area (Å²) in [7, 11) is 0. The van der Waals surface area contributed by atoms with Crippen molar-refractivity contribution < 1.29 is 29.0 Å². The highest BCUT2D eigenvalue weighted by Gasteiger charge is 2.30. The van der Waals surface area contributed by atoms with E-state index in [1.165, 1.54) is 0 Å². The molecule has 0 radical (unpaired) electrons. The number of hydrogen-bond acceptors (Lipinski definition) is 5. The molecule has 0 spiro atoms. The molecule has 3 atom stereocenters. The third-order valence-electron chi connectivity index (χ3n) is 7.57. The van der Waals surface area contributed by atoms with E-state index in [2.05, 4.69) is 34.9 Å². The number of benzene rings is 3. The molecule has 2 amide bonds. The molecule has 3 N–H and O–H groups in total. The fourth-order valence-corrected chi connectivity index (χ4v) is 5.56. The summed E-state index contributed by atoms with van der Waals surface area (Å²) in [5.74, 6) is -1.53. The Morgan fingerprint density at radius 1 is 0.857 bits per heavy atom. The van der Waals surface area contributed by atoms with Crippen LogP contribution in [-0.4, -0.2) is 48.4 Å². The number of aliphatic carboxylic acids is 1. The van der Waals surface area contributed by atoms with Crippen LogP contribution in [0.25, 0.3) is 11.1 Å². The molecule has 0 aromatic heterocycles. The van der Waals surface area contributed by atoms with Crippen molar-refractivity contribution in [3.8, 4) is 11.1 Å². The molecule has 0 saturated carbocycles. The maximum absolute atomic E-state index is 12.9. The summed E-state index contributed by atoms with van der Waals surface area (Å²) in [5, 5.41) is 15.2. The summed E-state index contributed by atoms with van der Waals surface area (Å²) in [4.78, 5) is 37.6. The van der Waals surface area contributed by atoms with Gasteiger partial charge in [0.25, 0.3) is 0 Å². The second-order valence-corrected chi connectivity index (χ2v) is 11.3. The molecule has 0 saturated heterocycles. The summed E-state index contributed by atoms with van der Waals surface area (Å²) < 4.78 is 11.4. The molecule has 3 aromatic carbocycles. The van der Waals surface area contributed by atoms with Gasteiger partial charge in [-0.05, 0) is 53.0 Å². The predicted octanol–water partition coefficient (Wildman–Crippen LogP) is 5.75. The molecule has 0 fully saturated rings. The highest BCUT2D eigenvalue weighted by molar-refractivity contribution is 5.84. The van der Waals surface area contributed by atoms with Gasteiger partial charge in [-0.3, -0.25) is 4.79 Å². The summed E-state index contributed by atoms with van der Waals surface area (Å²) in [6.45, 7) is 6.39. The summed E-state index contributed by atoms with van der Waals surface area (Å²) in [5.41, 5.74) is 5.50. The second kappa shape index (κ2) is 14.6. The minimum Gasteiger partial charge on any atom is -0.480 e. The van der Waals surface area contributed by atoms with Crippen LogP contribution in [0.15, 0.2) is 78.9 Å². The van der Waals surface area contributed by atoms with Gasteiger partial charge in [-0.2, -0.15) is 0 Å². The number of nitrogens with one attached hydrogen (secondary N) is 2. The van der Waals surface area contributed by atoms with E-state index in [-0.39, 0.29) is 43.9 Å². The van der Waals surface area contributed by atoms with Crippen LogP contribution in [-0.2, 0) is 25.7 Å². The second-order valence-electron chi connectivity index (χ2n) is 11.3.